The van der Waals surface area contributed by atoms with Crippen LogP contribution in [0.5, 0.6) is 0 Å². The van der Waals surface area contributed by atoms with E-state index in [-0.39, 0.29) is 0 Å². The van der Waals surface area contributed by atoms with Gasteiger partial charge in [0, 0.05) is 42.8 Å². The fraction of sp³-hybridized carbons (Fsp3) is 0.167. The predicted octanol–water partition coefficient (Wildman–Crippen LogP) is 1.32. The van der Waals surface area contributed by atoms with Gasteiger partial charge in [0.05, 0.1) is 0 Å². The van der Waals surface area contributed by atoms with Gasteiger partial charge in [0.15, 0.2) is 0 Å². The Kier molecular flexibility index (Phi) is 3.47. The van der Waals surface area contributed by atoms with Crippen LogP contribution < -0.4 is 0 Å². The Hall–Kier alpha value is -2.50. The minimum Gasteiger partial charge on any atom is -0.478 e. The molecule has 2 aromatic rings. The van der Waals surface area contributed by atoms with E-state index in [2.05, 4.69) is 15.0 Å². The van der Waals surface area contributed by atoms with Crippen molar-refractivity contribution >= 4 is 12.0 Å². The monoisotopic (exact) mass is 244 g/mol. The molecule has 0 spiro atoms. The standard InChI is InChI=1S/C12H12N4O2/c1-2-10-13-5-6-16(10)12-14-7-9(8-15-12)3-4-11(17)18/h3-8H,2H2,1H3,(H,17,18)/b4-3+. The van der Waals surface area contributed by atoms with E-state index in [1.807, 2.05) is 6.92 Å². The van der Waals surface area contributed by atoms with E-state index < -0.39 is 5.97 Å². The molecule has 2 aromatic heterocycles. The Morgan fingerprint density at radius 1 is 1.39 bits per heavy atom. The van der Waals surface area contributed by atoms with Crippen LogP contribution in [0.15, 0.2) is 30.9 Å². The number of carboxylic acid groups (broad SMARTS) is 1. The van der Waals surface area contributed by atoms with Crippen LogP contribution in [0.4, 0.5) is 0 Å². The molecule has 2 rings (SSSR count). The van der Waals surface area contributed by atoms with Crippen molar-refractivity contribution in [3.8, 4) is 5.95 Å². The maximum absolute atomic E-state index is 10.4. The molecule has 0 bridgehead atoms. The third-order valence-electron chi connectivity index (χ3n) is 2.33. The van der Waals surface area contributed by atoms with Gasteiger partial charge in [-0.05, 0) is 6.08 Å². The fourth-order valence-corrected chi connectivity index (χ4v) is 1.49. The van der Waals surface area contributed by atoms with Crippen LogP contribution in [0.1, 0.15) is 18.3 Å². The van der Waals surface area contributed by atoms with Gasteiger partial charge in [0.2, 0.25) is 5.95 Å². The van der Waals surface area contributed by atoms with Gasteiger partial charge in [-0.15, -0.1) is 0 Å². The number of carbonyl (C=O) groups is 1. The lowest BCUT2D eigenvalue weighted by atomic mass is 10.3. The molecule has 1 N–H and O–H groups in total. The first-order valence-corrected chi connectivity index (χ1v) is 5.46. The molecule has 2 heterocycles. The van der Waals surface area contributed by atoms with Crippen LogP contribution >= 0.6 is 0 Å². The van der Waals surface area contributed by atoms with Crippen molar-refractivity contribution in [1.29, 1.82) is 0 Å². The second-order valence-electron chi connectivity index (χ2n) is 3.55. The average Bonchev–Trinajstić information content (AvgIpc) is 2.85. The van der Waals surface area contributed by atoms with Crippen molar-refractivity contribution in [3.05, 3.63) is 42.3 Å². The Balaban J connectivity index is 2.25. The van der Waals surface area contributed by atoms with Gasteiger partial charge < -0.3 is 5.11 Å². The molecule has 92 valence electrons. The SMILES string of the molecule is CCc1nccn1-c1ncc(/C=C/C(=O)O)cn1. The van der Waals surface area contributed by atoms with Crippen molar-refractivity contribution in [1.82, 2.24) is 19.5 Å². The van der Waals surface area contributed by atoms with Crippen molar-refractivity contribution in [2.24, 2.45) is 0 Å². The minimum absolute atomic E-state index is 0.525. The van der Waals surface area contributed by atoms with Crippen molar-refractivity contribution in [2.45, 2.75) is 13.3 Å². The normalized spacial score (nSPS) is 10.9. The minimum atomic E-state index is -0.998. The lowest BCUT2D eigenvalue weighted by Gasteiger charge is -2.03. The van der Waals surface area contributed by atoms with Gasteiger partial charge in [-0.2, -0.15) is 0 Å². The first-order chi connectivity index (χ1) is 8.70. The molecule has 0 aliphatic rings. The molecule has 6 heteroatoms. The lowest BCUT2D eigenvalue weighted by molar-refractivity contribution is -0.131. The van der Waals surface area contributed by atoms with Gasteiger partial charge >= 0.3 is 5.97 Å². The maximum Gasteiger partial charge on any atom is 0.328 e. The zero-order chi connectivity index (χ0) is 13.0. The van der Waals surface area contributed by atoms with E-state index >= 15 is 0 Å². The van der Waals surface area contributed by atoms with Gasteiger partial charge in [0.1, 0.15) is 5.82 Å². The number of aliphatic carboxylic acids is 1. The highest BCUT2D eigenvalue weighted by Crippen LogP contribution is 2.07. The predicted molar refractivity (Wildman–Crippen MR) is 65.2 cm³/mol. The molecule has 0 aliphatic carbocycles. The average molecular weight is 244 g/mol. The maximum atomic E-state index is 10.4. The van der Waals surface area contributed by atoms with Crippen molar-refractivity contribution in [2.75, 3.05) is 0 Å². The molecule has 0 saturated carbocycles. The van der Waals surface area contributed by atoms with Gasteiger partial charge in [-0.25, -0.2) is 19.7 Å². The molecule has 0 amide bonds. The van der Waals surface area contributed by atoms with Crippen LogP contribution in [0, 0.1) is 0 Å². The van der Waals surface area contributed by atoms with Crippen LogP contribution in [0.3, 0.4) is 0 Å². The molecule has 0 aliphatic heterocycles. The quantitative estimate of drug-likeness (QED) is 0.820. The Morgan fingerprint density at radius 3 is 2.72 bits per heavy atom. The highest BCUT2D eigenvalue weighted by Gasteiger charge is 2.04. The van der Waals surface area contributed by atoms with E-state index in [0.29, 0.717) is 11.5 Å². The van der Waals surface area contributed by atoms with E-state index in [4.69, 9.17) is 5.11 Å². The summed E-state index contributed by atoms with van der Waals surface area (Å²) in [5.74, 6) is 0.405. The second-order valence-corrected chi connectivity index (χ2v) is 3.55. The Labute approximate surface area is 104 Å². The highest BCUT2D eigenvalue weighted by atomic mass is 16.4. The van der Waals surface area contributed by atoms with E-state index in [1.165, 1.54) is 6.08 Å². The zero-order valence-electron chi connectivity index (χ0n) is 9.82. The summed E-state index contributed by atoms with van der Waals surface area (Å²) >= 11 is 0. The van der Waals surface area contributed by atoms with Crippen LogP contribution in [-0.4, -0.2) is 30.6 Å². The molecule has 0 saturated heterocycles. The van der Waals surface area contributed by atoms with Crippen LogP contribution in [0.2, 0.25) is 0 Å². The Morgan fingerprint density at radius 2 is 2.11 bits per heavy atom. The lowest BCUT2D eigenvalue weighted by Crippen LogP contribution is -2.04. The first-order valence-electron chi connectivity index (χ1n) is 5.46. The fourth-order valence-electron chi connectivity index (χ4n) is 1.49. The number of aryl methyl sites for hydroxylation is 1. The molecule has 18 heavy (non-hydrogen) atoms. The van der Waals surface area contributed by atoms with E-state index in [1.54, 1.807) is 29.4 Å². The Bertz CT molecular complexity index is 572. The summed E-state index contributed by atoms with van der Waals surface area (Å²) in [7, 11) is 0. The van der Waals surface area contributed by atoms with E-state index in [0.717, 1.165) is 18.3 Å². The topological polar surface area (TPSA) is 80.9 Å². The number of imidazole rings is 1. The third-order valence-corrected chi connectivity index (χ3v) is 2.33. The van der Waals surface area contributed by atoms with E-state index in [9.17, 15) is 4.79 Å². The largest absolute Gasteiger partial charge is 0.478 e. The first kappa shape index (κ1) is 12.0. The molecular formula is C12H12N4O2. The molecule has 6 nitrogen and oxygen atoms in total. The molecular weight excluding hydrogens is 232 g/mol. The summed E-state index contributed by atoms with van der Waals surface area (Å²) in [5.41, 5.74) is 0.638. The molecule has 0 aromatic carbocycles. The van der Waals surface area contributed by atoms with Crippen molar-refractivity contribution in [3.63, 3.8) is 0 Å². The zero-order valence-corrected chi connectivity index (χ0v) is 9.82. The summed E-state index contributed by atoms with van der Waals surface area (Å²) in [6, 6.07) is 0. The number of hydrogen-bond donors (Lipinski definition) is 1. The number of carboxylic acids is 1. The second kappa shape index (κ2) is 5.22. The summed E-state index contributed by atoms with van der Waals surface area (Å²) in [5, 5.41) is 8.51. The molecule has 0 radical (unpaired) electrons. The van der Waals surface area contributed by atoms with Gasteiger partial charge in [-0.1, -0.05) is 6.92 Å². The number of hydrogen-bond acceptors (Lipinski definition) is 4. The summed E-state index contributed by atoms with van der Waals surface area (Å²) in [4.78, 5) is 22.9. The van der Waals surface area contributed by atoms with Gasteiger partial charge in [-0.3, -0.25) is 4.57 Å². The number of rotatable bonds is 4. The third kappa shape index (κ3) is 2.60. The summed E-state index contributed by atoms with van der Waals surface area (Å²) in [6.07, 6.45) is 9.91. The smallest absolute Gasteiger partial charge is 0.328 e. The van der Waals surface area contributed by atoms with Crippen LogP contribution in [0.25, 0.3) is 12.0 Å². The molecule has 0 atom stereocenters. The van der Waals surface area contributed by atoms with Crippen molar-refractivity contribution < 1.29 is 9.90 Å². The molecule has 0 unspecified atom stereocenters. The molecule has 0 fully saturated rings. The summed E-state index contributed by atoms with van der Waals surface area (Å²) < 4.78 is 1.80. The highest BCUT2D eigenvalue weighted by molar-refractivity contribution is 5.85. The number of nitrogens with zero attached hydrogens (tertiary/aromatic N) is 4. The number of aromatic nitrogens is 4. The summed E-state index contributed by atoms with van der Waals surface area (Å²) in [6.45, 7) is 2.00. The van der Waals surface area contributed by atoms with Crippen LogP contribution in [-0.2, 0) is 11.2 Å². The van der Waals surface area contributed by atoms with Gasteiger partial charge in [0.25, 0.3) is 0 Å².